The highest BCUT2D eigenvalue weighted by Gasteiger charge is 2.32. The van der Waals surface area contributed by atoms with Gasteiger partial charge in [0.05, 0.1) is 16.1 Å². The van der Waals surface area contributed by atoms with E-state index in [1.165, 1.54) is 0 Å². The minimum atomic E-state index is -0.173. The maximum atomic E-state index is 5.83. The summed E-state index contributed by atoms with van der Waals surface area (Å²) >= 11 is 5.16. The monoisotopic (exact) mass is 287 g/mol. The van der Waals surface area contributed by atoms with Gasteiger partial charge >= 0.3 is 0 Å². The summed E-state index contributed by atoms with van der Waals surface area (Å²) in [4.78, 5) is 5.46. The molecule has 0 spiro atoms. The van der Waals surface area contributed by atoms with E-state index in [1.807, 2.05) is 0 Å². The van der Waals surface area contributed by atoms with Crippen molar-refractivity contribution >= 4 is 17.2 Å². The summed E-state index contributed by atoms with van der Waals surface area (Å²) in [6, 6.07) is 0. The van der Waals surface area contributed by atoms with Gasteiger partial charge in [-0.2, -0.15) is 0 Å². The molecule has 0 atom stereocenters. The molecule has 0 bridgehead atoms. The molecular weight excluding hydrogens is 258 g/mol. The summed E-state index contributed by atoms with van der Waals surface area (Å²) in [5, 5.41) is 0. The average Bonchev–Trinajstić information content (AvgIpc) is 2.37. The molecule has 5 heteroatoms. The van der Waals surface area contributed by atoms with Gasteiger partial charge in [0, 0.05) is 39.8 Å². The number of rotatable bonds is 6. The van der Waals surface area contributed by atoms with Crippen molar-refractivity contribution < 1.29 is 4.74 Å². The fourth-order valence-corrected chi connectivity index (χ4v) is 2.34. The summed E-state index contributed by atoms with van der Waals surface area (Å²) in [6.07, 6.45) is 1.06. The van der Waals surface area contributed by atoms with Crippen molar-refractivity contribution in [1.82, 2.24) is 9.80 Å². The molecule has 1 aliphatic heterocycles. The smallest absolute Gasteiger partial charge is 0.0928 e. The largest absolute Gasteiger partial charge is 0.392 e. The van der Waals surface area contributed by atoms with E-state index in [0.29, 0.717) is 4.99 Å². The molecule has 1 aliphatic rings. The highest BCUT2D eigenvalue weighted by molar-refractivity contribution is 7.80. The summed E-state index contributed by atoms with van der Waals surface area (Å²) < 4.78 is 5.46. The standard InChI is InChI=1S/C14H29N3OS/c1-13(2,18-5)6-7-16-8-10-17(11-9-16)14(3,4)12(15)19/h6-11H2,1-5H3,(H2,15,19). The number of nitrogens with zero attached hydrogens (tertiary/aromatic N) is 2. The molecular formula is C14H29N3OS. The topological polar surface area (TPSA) is 41.7 Å². The van der Waals surface area contributed by atoms with Crippen LogP contribution in [0.4, 0.5) is 0 Å². The Morgan fingerprint density at radius 1 is 1.16 bits per heavy atom. The number of nitrogens with two attached hydrogens (primary N) is 1. The van der Waals surface area contributed by atoms with Crippen LogP contribution >= 0.6 is 12.2 Å². The van der Waals surface area contributed by atoms with Gasteiger partial charge < -0.3 is 15.4 Å². The fourth-order valence-electron chi connectivity index (χ4n) is 2.22. The number of methoxy groups -OCH3 is 1. The van der Waals surface area contributed by atoms with Crippen molar-refractivity contribution in [2.45, 2.75) is 45.3 Å². The third-order valence-corrected chi connectivity index (χ3v) is 4.85. The van der Waals surface area contributed by atoms with Crippen molar-refractivity contribution in [1.29, 1.82) is 0 Å². The van der Waals surface area contributed by atoms with Gasteiger partial charge in [-0.3, -0.25) is 4.90 Å². The van der Waals surface area contributed by atoms with Gasteiger partial charge in [0.15, 0.2) is 0 Å². The van der Waals surface area contributed by atoms with Crippen LogP contribution in [-0.2, 0) is 4.74 Å². The van der Waals surface area contributed by atoms with E-state index < -0.39 is 0 Å². The third kappa shape index (κ3) is 4.67. The van der Waals surface area contributed by atoms with Gasteiger partial charge in [0.25, 0.3) is 0 Å². The van der Waals surface area contributed by atoms with Crippen LogP contribution in [0.15, 0.2) is 0 Å². The van der Waals surface area contributed by atoms with Crippen LogP contribution in [0.3, 0.4) is 0 Å². The first kappa shape index (κ1) is 16.8. The molecule has 0 aromatic rings. The summed E-state index contributed by atoms with van der Waals surface area (Å²) in [5.41, 5.74) is 5.62. The maximum Gasteiger partial charge on any atom is 0.0928 e. The van der Waals surface area contributed by atoms with E-state index in [4.69, 9.17) is 22.7 Å². The van der Waals surface area contributed by atoms with Crippen LogP contribution < -0.4 is 5.73 Å². The first-order valence-electron chi connectivity index (χ1n) is 7.01. The highest BCUT2D eigenvalue weighted by Crippen LogP contribution is 2.19. The number of ether oxygens (including phenoxy) is 1. The lowest BCUT2D eigenvalue weighted by atomic mass is 10.0. The zero-order chi connectivity index (χ0) is 14.7. The van der Waals surface area contributed by atoms with Gasteiger partial charge in [-0.25, -0.2) is 0 Å². The molecule has 0 aliphatic carbocycles. The Balaban J connectivity index is 2.39. The third-order valence-electron chi connectivity index (χ3n) is 4.35. The predicted octanol–water partition coefficient (Wildman–Crippen LogP) is 1.48. The normalized spacial score (nSPS) is 19.6. The van der Waals surface area contributed by atoms with Gasteiger partial charge in [0.1, 0.15) is 0 Å². The van der Waals surface area contributed by atoms with Crippen LogP contribution in [0.5, 0.6) is 0 Å². The molecule has 1 fully saturated rings. The predicted molar refractivity (Wildman–Crippen MR) is 84.6 cm³/mol. The minimum absolute atomic E-state index is 0.0325. The molecule has 112 valence electrons. The molecule has 2 N–H and O–H groups in total. The highest BCUT2D eigenvalue weighted by atomic mass is 32.1. The Morgan fingerprint density at radius 2 is 1.68 bits per heavy atom. The minimum Gasteiger partial charge on any atom is -0.392 e. The van der Waals surface area contributed by atoms with Gasteiger partial charge in [-0.05, 0) is 34.1 Å². The molecule has 0 amide bonds. The molecule has 0 aromatic heterocycles. The second-order valence-corrected chi connectivity index (χ2v) is 6.91. The maximum absolute atomic E-state index is 5.83. The molecule has 19 heavy (non-hydrogen) atoms. The van der Waals surface area contributed by atoms with Crippen molar-refractivity contribution in [2.24, 2.45) is 5.73 Å². The first-order chi connectivity index (χ1) is 8.69. The lowest BCUT2D eigenvalue weighted by Gasteiger charge is -2.43. The van der Waals surface area contributed by atoms with E-state index in [-0.39, 0.29) is 11.1 Å². The molecule has 0 unspecified atom stereocenters. The summed E-state index contributed by atoms with van der Waals surface area (Å²) in [5.74, 6) is 0. The second-order valence-electron chi connectivity index (χ2n) is 6.47. The number of hydrogen-bond donors (Lipinski definition) is 1. The molecule has 4 nitrogen and oxygen atoms in total. The van der Waals surface area contributed by atoms with Crippen LogP contribution in [-0.4, -0.2) is 65.8 Å². The molecule has 1 rings (SSSR count). The van der Waals surface area contributed by atoms with E-state index >= 15 is 0 Å². The molecule has 1 heterocycles. The van der Waals surface area contributed by atoms with Crippen molar-refractivity contribution in [2.75, 3.05) is 39.8 Å². The lowest BCUT2D eigenvalue weighted by molar-refractivity contribution is 0.000716. The zero-order valence-electron chi connectivity index (χ0n) is 13.0. The summed E-state index contributed by atoms with van der Waals surface area (Å²) in [7, 11) is 1.78. The Kier molecular flexibility index (Phi) is 5.74. The quantitative estimate of drug-likeness (QED) is 0.750. The van der Waals surface area contributed by atoms with E-state index in [0.717, 1.165) is 39.1 Å². The van der Waals surface area contributed by atoms with Crippen molar-refractivity contribution in [3.63, 3.8) is 0 Å². The van der Waals surface area contributed by atoms with Crippen molar-refractivity contribution in [3.05, 3.63) is 0 Å². The van der Waals surface area contributed by atoms with E-state index in [2.05, 4.69) is 37.5 Å². The molecule has 0 radical (unpaired) electrons. The van der Waals surface area contributed by atoms with Crippen LogP contribution in [0.25, 0.3) is 0 Å². The zero-order valence-corrected chi connectivity index (χ0v) is 13.8. The Hall–Kier alpha value is -0.230. The molecule has 1 saturated heterocycles. The average molecular weight is 287 g/mol. The number of piperazine rings is 1. The SMILES string of the molecule is COC(C)(C)CCN1CCN(C(C)(C)C(N)=S)CC1. The lowest BCUT2D eigenvalue weighted by Crippen LogP contribution is -2.59. The van der Waals surface area contributed by atoms with Gasteiger partial charge in [-0.1, -0.05) is 12.2 Å². The van der Waals surface area contributed by atoms with E-state index in [9.17, 15) is 0 Å². The Bertz CT molecular complexity index is 310. The van der Waals surface area contributed by atoms with Gasteiger partial charge in [0.2, 0.25) is 0 Å². The number of hydrogen-bond acceptors (Lipinski definition) is 4. The first-order valence-corrected chi connectivity index (χ1v) is 7.42. The van der Waals surface area contributed by atoms with E-state index in [1.54, 1.807) is 7.11 Å². The molecule has 0 saturated carbocycles. The Morgan fingerprint density at radius 3 is 2.11 bits per heavy atom. The summed E-state index contributed by atoms with van der Waals surface area (Å²) in [6.45, 7) is 13.8. The van der Waals surface area contributed by atoms with Crippen LogP contribution in [0, 0.1) is 0 Å². The van der Waals surface area contributed by atoms with Gasteiger partial charge in [-0.15, -0.1) is 0 Å². The molecule has 0 aromatic carbocycles. The fraction of sp³-hybridized carbons (Fsp3) is 0.929. The number of thiocarbonyl (C=S) groups is 1. The second kappa shape index (κ2) is 6.48. The van der Waals surface area contributed by atoms with Crippen LogP contribution in [0.2, 0.25) is 0 Å². The van der Waals surface area contributed by atoms with Crippen LogP contribution in [0.1, 0.15) is 34.1 Å². The van der Waals surface area contributed by atoms with Crippen molar-refractivity contribution in [3.8, 4) is 0 Å². The Labute approximate surface area is 123 Å².